The van der Waals surface area contributed by atoms with E-state index in [-0.39, 0.29) is 11.7 Å². The molecule has 10 heteroatoms. The molecule has 9 nitrogen and oxygen atoms in total. The van der Waals surface area contributed by atoms with Crippen molar-refractivity contribution in [2.75, 3.05) is 5.32 Å². The fraction of sp³-hybridized carbons (Fsp3) is 0.238. The molecule has 0 aliphatic rings. The van der Waals surface area contributed by atoms with Crippen LogP contribution in [0.2, 0.25) is 0 Å². The second-order valence-electron chi connectivity index (χ2n) is 7.06. The number of amides is 1. The monoisotopic (exact) mass is 421 g/mol. The highest BCUT2D eigenvalue weighted by atomic mass is 19.1. The second kappa shape index (κ2) is 8.82. The molecular weight excluding hydrogens is 401 g/mol. The molecule has 0 saturated carbocycles. The Bertz CT molecular complexity index is 1200. The van der Waals surface area contributed by atoms with Gasteiger partial charge in [0.2, 0.25) is 17.6 Å². The number of tetrazole rings is 1. The third-order valence-corrected chi connectivity index (χ3v) is 4.71. The average Bonchev–Trinajstić information content (AvgIpc) is 3.39. The summed E-state index contributed by atoms with van der Waals surface area (Å²) >= 11 is 0. The maximum absolute atomic E-state index is 13.0. The van der Waals surface area contributed by atoms with E-state index in [9.17, 15) is 9.18 Å². The van der Waals surface area contributed by atoms with Gasteiger partial charge in [0.25, 0.3) is 0 Å². The number of carbonyl (C=O) groups is 1. The molecule has 0 aliphatic carbocycles. The molecule has 2 aromatic carbocycles. The van der Waals surface area contributed by atoms with Gasteiger partial charge >= 0.3 is 0 Å². The first kappa shape index (κ1) is 20.3. The average molecular weight is 421 g/mol. The van der Waals surface area contributed by atoms with Crippen LogP contribution in [0.15, 0.2) is 47.0 Å². The summed E-state index contributed by atoms with van der Waals surface area (Å²) in [6.45, 7) is 3.76. The Morgan fingerprint density at radius 3 is 2.71 bits per heavy atom. The number of anilines is 1. The van der Waals surface area contributed by atoms with Crippen molar-refractivity contribution in [1.82, 2.24) is 30.3 Å². The van der Waals surface area contributed by atoms with Crippen molar-refractivity contribution < 1.29 is 13.7 Å². The maximum atomic E-state index is 13.0. The number of hydrogen-bond acceptors (Lipinski definition) is 7. The molecule has 4 rings (SSSR count). The first-order valence-corrected chi connectivity index (χ1v) is 9.74. The number of aromatic nitrogens is 6. The van der Waals surface area contributed by atoms with Crippen molar-refractivity contribution in [2.45, 2.75) is 33.1 Å². The van der Waals surface area contributed by atoms with Crippen molar-refractivity contribution in [2.24, 2.45) is 0 Å². The lowest BCUT2D eigenvalue weighted by Gasteiger charge is -2.10. The summed E-state index contributed by atoms with van der Waals surface area (Å²) in [5.41, 5.74) is 3.13. The molecule has 2 heterocycles. The minimum Gasteiger partial charge on any atom is -0.339 e. The van der Waals surface area contributed by atoms with Gasteiger partial charge in [0.15, 0.2) is 5.82 Å². The number of carbonyl (C=O) groups excluding carboxylic acids is 1. The molecule has 0 unspecified atom stereocenters. The molecule has 158 valence electrons. The maximum Gasteiger partial charge on any atom is 0.226 e. The topological polar surface area (TPSA) is 112 Å². The van der Waals surface area contributed by atoms with Crippen molar-refractivity contribution in [3.05, 3.63) is 65.6 Å². The largest absolute Gasteiger partial charge is 0.339 e. The standard InChI is InChI=1S/C21H20FN7O2/c1-13-6-11-17(12-18(13)29-14(2)25-27-28-29)23-19(30)4-3-5-20-24-21(26-31-20)15-7-9-16(22)10-8-15/h6-12H,3-5H2,1-2H3,(H,23,30). The van der Waals surface area contributed by atoms with Crippen molar-refractivity contribution in [1.29, 1.82) is 0 Å². The molecule has 1 N–H and O–H groups in total. The molecule has 0 aliphatic heterocycles. The summed E-state index contributed by atoms with van der Waals surface area (Å²) in [7, 11) is 0. The highest BCUT2D eigenvalue weighted by Crippen LogP contribution is 2.20. The van der Waals surface area contributed by atoms with Gasteiger partial charge in [-0.1, -0.05) is 11.2 Å². The summed E-state index contributed by atoms with van der Waals surface area (Å²) in [5.74, 6) is 1.03. The number of aryl methyl sites for hydroxylation is 3. The highest BCUT2D eigenvalue weighted by Gasteiger charge is 2.12. The van der Waals surface area contributed by atoms with Gasteiger partial charge in [-0.05, 0) is 72.7 Å². The molecule has 2 aromatic heterocycles. The minimum atomic E-state index is -0.327. The number of benzene rings is 2. The lowest BCUT2D eigenvalue weighted by atomic mass is 10.1. The van der Waals surface area contributed by atoms with Crippen LogP contribution in [0.4, 0.5) is 10.1 Å². The summed E-state index contributed by atoms with van der Waals surface area (Å²) < 4.78 is 19.9. The van der Waals surface area contributed by atoms with E-state index < -0.39 is 0 Å². The Morgan fingerprint density at radius 2 is 1.97 bits per heavy atom. The predicted octanol–water partition coefficient (Wildman–Crippen LogP) is 3.43. The number of nitrogens with zero attached hydrogens (tertiary/aromatic N) is 6. The van der Waals surface area contributed by atoms with Crippen LogP contribution in [-0.4, -0.2) is 36.3 Å². The van der Waals surface area contributed by atoms with Gasteiger partial charge in [0.1, 0.15) is 5.82 Å². The van der Waals surface area contributed by atoms with E-state index in [4.69, 9.17) is 4.52 Å². The zero-order valence-corrected chi connectivity index (χ0v) is 17.0. The Balaban J connectivity index is 1.32. The Morgan fingerprint density at radius 1 is 1.16 bits per heavy atom. The zero-order chi connectivity index (χ0) is 21.8. The fourth-order valence-corrected chi connectivity index (χ4v) is 3.07. The normalized spacial score (nSPS) is 10.9. The van der Waals surface area contributed by atoms with Gasteiger partial charge in [-0.2, -0.15) is 9.67 Å². The minimum absolute atomic E-state index is 0.124. The molecule has 0 bridgehead atoms. The van der Waals surface area contributed by atoms with E-state index in [1.807, 2.05) is 32.0 Å². The van der Waals surface area contributed by atoms with Crippen molar-refractivity contribution in [3.8, 4) is 17.1 Å². The molecule has 0 atom stereocenters. The summed E-state index contributed by atoms with van der Waals surface area (Å²) in [6.07, 6.45) is 1.30. The molecule has 31 heavy (non-hydrogen) atoms. The number of hydrogen-bond donors (Lipinski definition) is 1. The van der Waals surface area contributed by atoms with Crippen LogP contribution in [0, 0.1) is 19.7 Å². The molecule has 1 amide bonds. The van der Waals surface area contributed by atoms with Crippen LogP contribution in [0.1, 0.15) is 30.1 Å². The SMILES string of the molecule is Cc1ccc(NC(=O)CCCc2nc(-c3ccc(F)cc3)no2)cc1-n1nnnc1C. The Labute approximate surface area is 177 Å². The summed E-state index contributed by atoms with van der Waals surface area (Å²) in [5, 5.41) is 18.3. The predicted molar refractivity (Wildman–Crippen MR) is 110 cm³/mol. The van der Waals surface area contributed by atoms with Crippen LogP contribution < -0.4 is 5.32 Å². The van der Waals surface area contributed by atoms with Gasteiger partial charge in [-0.15, -0.1) is 5.10 Å². The Kier molecular flexibility index (Phi) is 5.78. The first-order valence-electron chi connectivity index (χ1n) is 9.74. The first-order chi connectivity index (χ1) is 15.0. The van der Waals surface area contributed by atoms with Crippen LogP contribution in [-0.2, 0) is 11.2 Å². The molecule has 0 radical (unpaired) electrons. The van der Waals surface area contributed by atoms with E-state index in [1.165, 1.54) is 12.1 Å². The van der Waals surface area contributed by atoms with Gasteiger partial charge < -0.3 is 9.84 Å². The van der Waals surface area contributed by atoms with E-state index in [2.05, 4.69) is 31.0 Å². The van der Waals surface area contributed by atoms with Gasteiger partial charge in [-0.25, -0.2) is 4.39 Å². The van der Waals surface area contributed by atoms with E-state index in [0.717, 1.165) is 11.3 Å². The smallest absolute Gasteiger partial charge is 0.226 e. The molecule has 0 spiro atoms. The van der Waals surface area contributed by atoms with Crippen molar-refractivity contribution >= 4 is 11.6 Å². The number of rotatable bonds is 7. The van der Waals surface area contributed by atoms with Crippen LogP contribution in [0.5, 0.6) is 0 Å². The Hall–Kier alpha value is -3.95. The third kappa shape index (κ3) is 4.80. The molecule has 0 saturated heterocycles. The van der Waals surface area contributed by atoms with Gasteiger partial charge in [-0.3, -0.25) is 4.79 Å². The van der Waals surface area contributed by atoms with Gasteiger partial charge in [0, 0.05) is 24.1 Å². The van der Waals surface area contributed by atoms with Gasteiger partial charge in [0.05, 0.1) is 5.69 Å². The quantitative estimate of drug-likeness (QED) is 0.486. The van der Waals surface area contributed by atoms with E-state index in [0.29, 0.717) is 48.1 Å². The van der Waals surface area contributed by atoms with E-state index in [1.54, 1.807) is 16.8 Å². The van der Waals surface area contributed by atoms with Crippen LogP contribution in [0.25, 0.3) is 17.1 Å². The van der Waals surface area contributed by atoms with Crippen LogP contribution in [0.3, 0.4) is 0 Å². The van der Waals surface area contributed by atoms with E-state index >= 15 is 0 Å². The molecule has 4 aromatic rings. The lowest BCUT2D eigenvalue weighted by molar-refractivity contribution is -0.116. The number of halogens is 1. The zero-order valence-electron chi connectivity index (χ0n) is 17.0. The number of nitrogens with one attached hydrogen (secondary N) is 1. The van der Waals surface area contributed by atoms with Crippen molar-refractivity contribution in [3.63, 3.8) is 0 Å². The van der Waals surface area contributed by atoms with Crippen LogP contribution >= 0.6 is 0 Å². The lowest BCUT2D eigenvalue weighted by Crippen LogP contribution is -2.12. The molecule has 0 fully saturated rings. The third-order valence-electron chi connectivity index (χ3n) is 4.71. The highest BCUT2D eigenvalue weighted by molar-refractivity contribution is 5.91. The molecular formula is C21H20FN7O2. The summed E-state index contributed by atoms with van der Waals surface area (Å²) in [4.78, 5) is 16.6. The second-order valence-corrected chi connectivity index (χ2v) is 7.06. The fourth-order valence-electron chi connectivity index (χ4n) is 3.07. The summed E-state index contributed by atoms with van der Waals surface area (Å²) in [6, 6.07) is 11.4.